The molecule has 8 heteroatoms. The van der Waals surface area contributed by atoms with Gasteiger partial charge in [0.1, 0.15) is 18.8 Å². The first-order valence-electron chi connectivity index (χ1n) is 19.2. The lowest BCUT2D eigenvalue weighted by Gasteiger charge is -2.58. The Morgan fingerprint density at radius 3 is 2.28 bits per heavy atom. The summed E-state index contributed by atoms with van der Waals surface area (Å²) in [6.07, 6.45) is 15.1. The molecule has 0 spiro atoms. The van der Waals surface area contributed by atoms with Gasteiger partial charge in [0.2, 0.25) is 0 Å². The summed E-state index contributed by atoms with van der Waals surface area (Å²) >= 11 is 0. The van der Waals surface area contributed by atoms with E-state index >= 15 is 0 Å². The van der Waals surface area contributed by atoms with E-state index in [0.29, 0.717) is 64.9 Å². The summed E-state index contributed by atoms with van der Waals surface area (Å²) in [6.45, 7) is 16.7. The van der Waals surface area contributed by atoms with Crippen LogP contribution in [0, 0.1) is 46.3 Å². The van der Waals surface area contributed by atoms with Crippen molar-refractivity contribution >= 4 is 6.16 Å². The first kappa shape index (κ1) is 37.1. The van der Waals surface area contributed by atoms with Gasteiger partial charge in [-0.3, -0.25) is 0 Å². The Hall–Kier alpha value is -1.19. The van der Waals surface area contributed by atoms with Crippen LogP contribution in [0.15, 0.2) is 11.6 Å². The first-order chi connectivity index (χ1) is 22.7. The predicted octanol–water partition coefficient (Wildman–Crippen LogP) is 8.01. The highest BCUT2D eigenvalue weighted by Crippen LogP contribution is 2.67. The van der Waals surface area contributed by atoms with Crippen LogP contribution in [0.25, 0.3) is 0 Å². The SMILES string of the molecule is CC(C)CCC[C@@H](C)[C@H]1CC[C@H]2[C@@H]3CC=C4CC(OC(=O)OCC5COCCOCCOCCOCCO5)CC[C@]4(C)[C@H]3CC[C@]12C. The van der Waals surface area contributed by atoms with Crippen molar-refractivity contribution in [3.63, 3.8) is 0 Å². The molecule has 1 heterocycles. The molecular formula is C39H66O8. The van der Waals surface area contributed by atoms with Gasteiger partial charge in [-0.2, -0.15) is 0 Å². The Balaban J connectivity index is 1.10. The lowest BCUT2D eigenvalue weighted by atomic mass is 9.47. The molecule has 8 nitrogen and oxygen atoms in total. The number of hydrogen-bond acceptors (Lipinski definition) is 8. The van der Waals surface area contributed by atoms with Gasteiger partial charge in [0.25, 0.3) is 0 Å². The fourth-order valence-corrected chi connectivity index (χ4v) is 10.4. The van der Waals surface area contributed by atoms with Crippen LogP contribution >= 0.6 is 0 Å². The maximum Gasteiger partial charge on any atom is 0.508 e. The molecule has 1 saturated heterocycles. The lowest BCUT2D eigenvalue weighted by molar-refractivity contribution is -0.0812. The number of allylic oxidation sites excluding steroid dienone is 1. The largest absolute Gasteiger partial charge is 0.508 e. The molecule has 5 rings (SSSR count). The van der Waals surface area contributed by atoms with Crippen molar-refractivity contribution in [2.75, 3.05) is 66.1 Å². The van der Waals surface area contributed by atoms with Crippen LogP contribution in [-0.4, -0.2) is 84.4 Å². The highest BCUT2D eigenvalue weighted by Gasteiger charge is 2.59. The van der Waals surface area contributed by atoms with E-state index in [1.54, 1.807) is 0 Å². The molecule has 1 aliphatic heterocycles. The van der Waals surface area contributed by atoms with E-state index in [0.717, 1.165) is 54.8 Å². The van der Waals surface area contributed by atoms with Crippen molar-refractivity contribution in [1.29, 1.82) is 0 Å². The second-order valence-electron chi connectivity index (χ2n) is 16.2. The van der Waals surface area contributed by atoms with Gasteiger partial charge in [-0.05, 0) is 91.3 Å². The normalized spacial score (nSPS) is 38.1. The third kappa shape index (κ3) is 9.53. The van der Waals surface area contributed by atoms with E-state index in [-0.39, 0.29) is 18.1 Å². The van der Waals surface area contributed by atoms with Crippen LogP contribution in [0.1, 0.15) is 105 Å². The monoisotopic (exact) mass is 662 g/mol. The van der Waals surface area contributed by atoms with Crippen molar-refractivity contribution in [2.45, 2.75) is 117 Å². The maximum absolute atomic E-state index is 12.8. The van der Waals surface area contributed by atoms with Gasteiger partial charge >= 0.3 is 6.16 Å². The number of rotatable bonds is 8. The molecule has 0 radical (unpaired) electrons. The lowest BCUT2D eigenvalue weighted by Crippen LogP contribution is -2.51. The smallest absolute Gasteiger partial charge is 0.431 e. The number of carbonyl (C=O) groups excluding carboxylic acids is 1. The molecule has 0 N–H and O–H groups in total. The van der Waals surface area contributed by atoms with E-state index in [9.17, 15) is 4.79 Å². The van der Waals surface area contributed by atoms with E-state index in [4.69, 9.17) is 33.2 Å². The Morgan fingerprint density at radius 1 is 0.851 bits per heavy atom. The van der Waals surface area contributed by atoms with E-state index in [1.165, 1.54) is 56.9 Å². The minimum absolute atomic E-state index is 0.0805. The molecule has 4 fully saturated rings. The Morgan fingerprint density at radius 2 is 1.55 bits per heavy atom. The van der Waals surface area contributed by atoms with Crippen molar-refractivity contribution in [2.24, 2.45) is 46.3 Å². The topological polar surface area (TPSA) is 81.7 Å². The molecule has 270 valence electrons. The summed E-state index contributed by atoms with van der Waals surface area (Å²) in [6, 6.07) is 0. The van der Waals surface area contributed by atoms with Crippen LogP contribution in [0.3, 0.4) is 0 Å². The minimum Gasteiger partial charge on any atom is -0.431 e. The first-order valence-corrected chi connectivity index (χ1v) is 19.2. The zero-order chi connectivity index (χ0) is 33.3. The Labute approximate surface area is 285 Å². The van der Waals surface area contributed by atoms with Gasteiger partial charge in [-0.15, -0.1) is 0 Å². The van der Waals surface area contributed by atoms with Gasteiger partial charge in [-0.25, -0.2) is 4.79 Å². The molecule has 2 unspecified atom stereocenters. The van der Waals surface area contributed by atoms with Crippen molar-refractivity contribution in [1.82, 2.24) is 0 Å². The molecule has 0 amide bonds. The van der Waals surface area contributed by atoms with E-state index in [1.807, 2.05) is 0 Å². The van der Waals surface area contributed by atoms with Gasteiger partial charge in [0, 0.05) is 6.42 Å². The van der Waals surface area contributed by atoms with Gasteiger partial charge in [0.05, 0.1) is 59.5 Å². The standard InChI is InChI=1S/C39H66O8/c1-28(2)7-6-8-29(3)34-11-12-35-33-10-9-30-25-31(13-15-38(30,4)36(33)14-16-39(34,35)5)47-37(40)46-27-32-26-44-22-21-42-18-17-41-19-20-43-23-24-45-32/h9,28-29,31-36H,6-8,10-27H2,1-5H3/t29-,31?,32?,33+,34-,35+,36+,38+,39-/m1/s1. The summed E-state index contributed by atoms with van der Waals surface area (Å²) in [5, 5.41) is 0. The highest BCUT2D eigenvalue weighted by atomic mass is 16.7. The van der Waals surface area contributed by atoms with Crippen LogP contribution in [0.5, 0.6) is 0 Å². The van der Waals surface area contributed by atoms with Gasteiger partial charge < -0.3 is 33.2 Å². The fourth-order valence-electron chi connectivity index (χ4n) is 10.4. The fraction of sp³-hybridized carbons (Fsp3) is 0.923. The molecule has 4 aliphatic carbocycles. The quantitative estimate of drug-likeness (QED) is 0.191. The average molecular weight is 663 g/mol. The average Bonchev–Trinajstić information content (AvgIpc) is 3.39. The molecule has 5 aliphatic rings. The van der Waals surface area contributed by atoms with Gasteiger partial charge in [-0.1, -0.05) is 65.5 Å². The summed E-state index contributed by atoms with van der Waals surface area (Å²) in [5.74, 6) is 4.94. The van der Waals surface area contributed by atoms with Crippen molar-refractivity contribution in [3.05, 3.63) is 11.6 Å². The number of fused-ring (bicyclic) bond motifs is 5. The van der Waals surface area contributed by atoms with E-state index in [2.05, 4.69) is 40.7 Å². The summed E-state index contributed by atoms with van der Waals surface area (Å²) in [5.41, 5.74) is 2.25. The van der Waals surface area contributed by atoms with Crippen LogP contribution in [0.4, 0.5) is 4.79 Å². The van der Waals surface area contributed by atoms with Crippen LogP contribution < -0.4 is 0 Å². The molecular weight excluding hydrogens is 596 g/mol. The summed E-state index contributed by atoms with van der Waals surface area (Å²) < 4.78 is 39.6. The van der Waals surface area contributed by atoms with E-state index < -0.39 is 12.3 Å². The third-order valence-corrected chi connectivity index (χ3v) is 12.9. The summed E-state index contributed by atoms with van der Waals surface area (Å²) in [4.78, 5) is 12.8. The number of hydrogen-bond donors (Lipinski definition) is 0. The molecule has 3 saturated carbocycles. The Bertz CT molecular complexity index is 983. The minimum atomic E-state index is -0.614. The zero-order valence-corrected chi connectivity index (χ0v) is 30.3. The zero-order valence-electron chi connectivity index (χ0n) is 30.3. The third-order valence-electron chi connectivity index (χ3n) is 12.9. The molecule has 0 aromatic heterocycles. The number of ether oxygens (including phenoxy) is 7. The molecule has 0 aromatic rings. The molecule has 9 atom stereocenters. The second kappa shape index (κ2) is 17.6. The van der Waals surface area contributed by atoms with Crippen molar-refractivity contribution in [3.8, 4) is 0 Å². The summed E-state index contributed by atoms with van der Waals surface area (Å²) in [7, 11) is 0. The second-order valence-corrected chi connectivity index (χ2v) is 16.2. The van der Waals surface area contributed by atoms with Crippen LogP contribution in [0.2, 0.25) is 0 Å². The Kier molecular flexibility index (Phi) is 13.9. The maximum atomic E-state index is 12.8. The number of carbonyl (C=O) groups is 1. The molecule has 0 aromatic carbocycles. The van der Waals surface area contributed by atoms with Crippen molar-refractivity contribution < 1.29 is 38.0 Å². The van der Waals surface area contributed by atoms with Crippen LogP contribution in [-0.2, 0) is 33.2 Å². The van der Waals surface area contributed by atoms with Gasteiger partial charge in [0.15, 0.2) is 0 Å². The highest BCUT2D eigenvalue weighted by molar-refractivity contribution is 5.60. The predicted molar refractivity (Wildman–Crippen MR) is 182 cm³/mol. The molecule has 0 bridgehead atoms. The molecule has 47 heavy (non-hydrogen) atoms.